The van der Waals surface area contributed by atoms with Gasteiger partial charge in [-0.15, -0.1) is 0 Å². The molecule has 0 radical (unpaired) electrons. The molecule has 1 fully saturated rings. The molecule has 1 amide bonds. The van der Waals surface area contributed by atoms with Gasteiger partial charge in [0.15, 0.2) is 0 Å². The van der Waals surface area contributed by atoms with Crippen LogP contribution in [0, 0.1) is 0 Å². The fraction of sp³-hybridized carbons (Fsp3) is 0.364. The summed E-state index contributed by atoms with van der Waals surface area (Å²) in [4.78, 5) is 16.9. The molecule has 1 aliphatic rings. The quantitative estimate of drug-likeness (QED) is 0.137. The van der Waals surface area contributed by atoms with Crippen LogP contribution in [0.3, 0.4) is 0 Å². The second kappa shape index (κ2) is 13.1. The van der Waals surface area contributed by atoms with E-state index in [1.54, 1.807) is 36.5 Å². The van der Waals surface area contributed by atoms with Crippen molar-refractivity contribution in [2.45, 2.75) is 70.3 Å². The van der Waals surface area contributed by atoms with E-state index in [1.807, 2.05) is 20.8 Å². The molecule has 244 valence electrons. The number of amidine groups is 1. The first-order valence-corrected chi connectivity index (χ1v) is 15.2. The molecule has 0 unspecified atom stereocenters. The number of alkyl carbamates (subject to hydrolysis) is 1. The van der Waals surface area contributed by atoms with E-state index in [0.29, 0.717) is 58.7 Å². The van der Waals surface area contributed by atoms with Gasteiger partial charge in [0.1, 0.15) is 17.2 Å². The number of hydrogen-bond donors (Lipinski definition) is 3. The molecule has 0 bridgehead atoms. The average molecular weight is 657 g/mol. The van der Waals surface area contributed by atoms with Crippen LogP contribution in [0.15, 0.2) is 65.9 Å². The normalized spacial score (nSPS) is 17.5. The molecule has 4 aromatic rings. The lowest BCUT2D eigenvalue weighted by atomic mass is 9.91. The number of anilines is 1. The van der Waals surface area contributed by atoms with Crippen molar-refractivity contribution in [2.75, 3.05) is 12.4 Å². The summed E-state index contributed by atoms with van der Waals surface area (Å²) in [5.74, 6) is 0.233. The maximum Gasteiger partial charge on any atom is 0.417 e. The molecule has 13 heteroatoms. The minimum absolute atomic E-state index is 0.0160. The van der Waals surface area contributed by atoms with Crippen LogP contribution in [0.4, 0.5) is 29.3 Å². The number of rotatable bonds is 7. The van der Waals surface area contributed by atoms with E-state index in [9.17, 15) is 18.0 Å². The Labute approximate surface area is 269 Å². The van der Waals surface area contributed by atoms with Gasteiger partial charge in [-0.05, 0) is 82.3 Å². The lowest BCUT2D eigenvalue weighted by Gasteiger charge is -2.31. The zero-order chi connectivity index (χ0) is 33.2. The van der Waals surface area contributed by atoms with E-state index in [2.05, 4.69) is 20.7 Å². The molecule has 4 N–H and O–H groups in total. The Balaban J connectivity index is 1.51. The Morgan fingerprint density at radius 3 is 2.41 bits per heavy atom. The maximum atomic E-state index is 14.1. The Morgan fingerprint density at radius 2 is 1.76 bits per heavy atom. The van der Waals surface area contributed by atoms with E-state index in [0.717, 1.165) is 6.07 Å². The second-order valence-corrected chi connectivity index (χ2v) is 12.6. The first-order chi connectivity index (χ1) is 21.7. The monoisotopic (exact) mass is 656 g/mol. The molecule has 2 aromatic heterocycles. The maximum absolute atomic E-state index is 14.1. The first-order valence-electron chi connectivity index (χ1n) is 14.8. The molecule has 0 saturated heterocycles. The lowest BCUT2D eigenvalue weighted by Crippen LogP contribution is -2.42. The summed E-state index contributed by atoms with van der Waals surface area (Å²) in [6.45, 7) is 5.44. The number of aliphatic imine (C=N–C) groups is 1. The molecule has 1 saturated carbocycles. The minimum Gasteiger partial charge on any atom is -0.497 e. The molecule has 0 aliphatic heterocycles. The predicted molar refractivity (Wildman–Crippen MR) is 173 cm³/mol. The number of fused-ring (bicyclic) bond motifs is 1. The Bertz CT molecular complexity index is 1760. The predicted octanol–water partition coefficient (Wildman–Crippen LogP) is 7.97. The molecule has 0 atom stereocenters. The lowest BCUT2D eigenvalue weighted by molar-refractivity contribution is -0.137. The Hall–Kier alpha value is -4.45. The number of methoxy groups -OCH3 is 1. The standard InChI is InChI=1S/C33H36ClF3N6O3/c1-32(2,3)46-31(44)41-21-11-9-20(10-12-21)40-29-24(30(38)42-27-8-6-5-7-26(27)34)17-39-43-18-19(15-28(29)43)23-14-13-22(45-4)16-25(23)33(35,36)37/h5-8,13-18,20-21,40H,9-12H2,1-4H3,(H2,38,42)(H,41,44)/t20-,21-. The van der Waals surface area contributed by atoms with Crippen LogP contribution in [0.25, 0.3) is 16.6 Å². The number of carbonyl (C=O) groups excluding carboxylic acids is 1. The Morgan fingerprint density at radius 1 is 1.07 bits per heavy atom. The number of alkyl halides is 3. The molecule has 0 spiro atoms. The third-order valence-corrected chi connectivity index (χ3v) is 7.97. The summed E-state index contributed by atoms with van der Waals surface area (Å²) in [5.41, 5.74) is 7.42. The third-order valence-electron chi connectivity index (χ3n) is 7.65. The number of aromatic nitrogens is 2. The van der Waals surface area contributed by atoms with E-state index < -0.39 is 23.4 Å². The van der Waals surface area contributed by atoms with Crippen molar-refractivity contribution in [1.29, 1.82) is 0 Å². The molecular weight excluding hydrogens is 621 g/mol. The SMILES string of the molecule is COc1ccc(-c2cc3c(N[C@H]4CC[C@H](NC(=O)OC(C)(C)C)CC4)c(/C(N)=N/c4ccccc4Cl)cnn3c2)c(C(F)(F)F)c1. The highest BCUT2D eigenvalue weighted by Gasteiger charge is 2.35. The van der Waals surface area contributed by atoms with Crippen LogP contribution >= 0.6 is 11.6 Å². The number of benzene rings is 2. The summed E-state index contributed by atoms with van der Waals surface area (Å²) >= 11 is 6.34. The van der Waals surface area contributed by atoms with Crippen LogP contribution < -0.4 is 21.1 Å². The van der Waals surface area contributed by atoms with Gasteiger partial charge in [0, 0.05) is 23.8 Å². The van der Waals surface area contributed by atoms with E-state index >= 15 is 0 Å². The minimum atomic E-state index is -4.62. The van der Waals surface area contributed by atoms with E-state index in [4.69, 9.17) is 26.8 Å². The zero-order valence-electron chi connectivity index (χ0n) is 25.9. The summed E-state index contributed by atoms with van der Waals surface area (Å²) in [6.07, 6.45) is 0.820. The zero-order valence-corrected chi connectivity index (χ0v) is 26.7. The highest BCUT2D eigenvalue weighted by atomic mass is 35.5. The smallest absolute Gasteiger partial charge is 0.417 e. The number of para-hydroxylation sites is 1. The number of amides is 1. The van der Waals surface area contributed by atoms with Crippen molar-refractivity contribution in [2.24, 2.45) is 10.7 Å². The summed E-state index contributed by atoms with van der Waals surface area (Å²) in [5, 5.41) is 11.4. The van der Waals surface area contributed by atoms with Crippen molar-refractivity contribution in [1.82, 2.24) is 14.9 Å². The number of halogens is 4. The van der Waals surface area contributed by atoms with Crippen molar-refractivity contribution in [3.05, 3.63) is 77.1 Å². The molecule has 1 aliphatic carbocycles. The number of ether oxygens (including phenoxy) is 2. The summed E-state index contributed by atoms with van der Waals surface area (Å²) < 4.78 is 54.4. The number of hydrogen-bond acceptors (Lipinski definition) is 6. The van der Waals surface area contributed by atoms with Crippen LogP contribution in [-0.4, -0.2) is 46.3 Å². The second-order valence-electron chi connectivity index (χ2n) is 12.2. The Kier molecular flexibility index (Phi) is 9.39. The average Bonchev–Trinajstić information content (AvgIpc) is 3.42. The van der Waals surface area contributed by atoms with Crippen LogP contribution in [0.1, 0.15) is 57.6 Å². The number of nitrogens with zero attached hydrogens (tertiary/aromatic N) is 3. The van der Waals surface area contributed by atoms with E-state index in [1.165, 1.54) is 30.0 Å². The third kappa shape index (κ3) is 7.67. The topological polar surface area (TPSA) is 115 Å². The molecule has 9 nitrogen and oxygen atoms in total. The van der Waals surface area contributed by atoms with Crippen molar-refractivity contribution < 1.29 is 27.4 Å². The van der Waals surface area contributed by atoms with Gasteiger partial charge in [0.25, 0.3) is 0 Å². The molecule has 2 aromatic carbocycles. The fourth-order valence-corrected chi connectivity index (χ4v) is 5.66. The summed E-state index contributed by atoms with van der Waals surface area (Å²) in [7, 11) is 1.32. The van der Waals surface area contributed by atoms with Crippen LogP contribution in [-0.2, 0) is 10.9 Å². The fourth-order valence-electron chi connectivity index (χ4n) is 5.48. The number of carbonyl (C=O) groups is 1. The van der Waals surface area contributed by atoms with Gasteiger partial charge in [-0.3, -0.25) is 0 Å². The van der Waals surface area contributed by atoms with Gasteiger partial charge in [-0.2, -0.15) is 18.3 Å². The van der Waals surface area contributed by atoms with Crippen molar-refractivity contribution >= 4 is 40.4 Å². The first kappa shape index (κ1) is 32.9. The number of nitrogens with one attached hydrogen (secondary N) is 2. The van der Waals surface area contributed by atoms with Gasteiger partial charge in [-0.1, -0.05) is 29.8 Å². The highest BCUT2D eigenvalue weighted by molar-refractivity contribution is 6.33. The van der Waals surface area contributed by atoms with Gasteiger partial charge >= 0.3 is 12.3 Å². The number of nitrogens with two attached hydrogens (primary N) is 1. The van der Waals surface area contributed by atoms with Gasteiger partial charge in [-0.25, -0.2) is 14.3 Å². The largest absolute Gasteiger partial charge is 0.497 e. The van der Waals surface area contributed by atoms with E-state index in [-0.39, 0.29) is 29.2 Å². The molecular formula is C33H36ClF3N6O3. The van der Waals surface area contributed by atoms with Gasteiger partial charge < -0.3 is 25.8 Å². The molecule has 2 heterocycles. The highest BCUT2D eigenvalue weighted by Crippen LogP contribution is 2.41. The van der Waals surface area contributed by atoms with Gasteiger partial charge in [0.2, 0.25) is 0 Å². The molecule has 5 rings (SSSR count). The van der Waals surface area contributed by atoms with Crippen LogP contribution in [0.5, 0.6) is 5.75 Å². The van der Waals surface area contributed by atoms with Gasteiger partial charge in [0.05, 0.1) is 46.3 Å². The van der Waals surface area contributed by atoms with Crippen molar-refractivity contribution in [3.8, 4) is 16.9 Å². The van der Waals surface area contributed by atoms with Crippen LogP contribution in [0.2, 0.25) is 5.02 Å². The molecule has 46 heavy (non-hydrogen) atoms. The summed E-state index contributed by atoms with van der Waals surface area (Å²) in [6, 6.07) is 12.4. The van der Waals surface area contributed by atoms with Crippen molar-refractivity contribution in [3.63, 3.8) is 0 Å².